The number of benzene rings is 1. The molecule has 1 fully saturated rings. The van der Waals surface area contributed by atoms with E-state index in [2.05, 4.69) is 5.32 Å². The number of nitrogen functional groups attached to an aromatic ring is 1. The van der Waals surface area contributed by atoms with Gasteiger partial charge in [-0.1, -0.05) is 6.07 Å². The molecule has 0 bridgehead atoms. The quantitative estimate of drug-likeness (QED) is 0.770. The van der Waals surface area contributed by atoms with E-state index in [4.69, 9.17) is 10.5 Å². The molecular formula is C13H18N2O2. The minimum absolute atomic E-state index is 0.118. The van der Waals surface area contributed by atoms with E-state index in [1.807, 2.05) is 26.0 Å². The Kier molecular flexibility index (Phi) is 3.07. The third kappa shape index (κ3) is 2.42. The van der Waals surface area contributed by atoms with Gasteiger partial charge in [-0.15, -0.1) is 0 Å². The number of nitrogens with one attached hydrogen (secondary N) is 1. The lowest BCUT2D eigenvalue weighted by molar-refractivity contribution is -0.133. The Bertz CT molecular complexity index is 437. The molecule has 92 valence electrons. The maximum atomic E-state index is 12.1. The number of hydrogen-bond donors (Lipinski definition) is 2. The molecule has 4 heteroatoms. The van der Waals surface area contributed by atoms with Gasteiger partial charge in [0.25, 0.3) is 5.91 Å². The molecule has 1 saturated heterocycles. The predicted octanol–water partition coefficient (Wildman–Crippen LogP) is 2.08. The minimum Gasteiger partial charge on any atom is -0.397 e. The van der Waals surface area contributed by atoms with Crippen LogP contribution in [0.1, 0.15) is 25.3 Å². The van der Waals surface area contributed by atoms with Crippen LogP contribution in [0.3, 0.4) is 0 Å². The molecule has 0 radical (unpaired) electrons. The number of carbonyl (C=O) groups is 1. The number of aryl methyl sites for hydroxylation is 1. The van der Waals surface area contributed by atoms with Gasteiger partial charge in [-0.2, -0.15) is 0 Å². The third-order valence-electron chi connectivity index (χ3n) is 3.16. The summed E-state index contributed by atoms with van der Waals surface area (Å²) < 4.78 is 5.49. The number of carbonyl (C=O) groups excluding carboxylic acids is 1. The van der Waals surface area contributed by atoms with Crippen molar-refractivity contribution >= 4 is 17.3 Å². The van der Waals surface area contributed by atoms with E-state index < -0.39 is 5.60 Å². The zero-order valence-corrected chi connectivity index (χ0v) is 10.2. The van der Waals surface area contributed by atoms with Gasteiger partial charge < -0.3 is 15.8 Å². The van der Waals surface area contributed by atoms with E-state index >= 15 is 0 Å². The maximum absolute atomic E-state index is 12.1. The molecule has 17 heavy (non-hydrogen) atoms. The van der Waals surface area contributed by atoms with Crippen molar-refractivity contribution in [2.24, 2.45) is 0 Å². The van der Waals surface area contributed by atoms with Crippen LogP contribution in [-0.2, 0) is 9.53 Å². The smallest absolute Gasteiger partial charge is 0.256 e. The lowest BCUT2D eigenvalue weighted by Crippen LogP contribution is -2.39. The van der Waals surface area contributed by atoms with Crippen LogP contribution >= 0.6 is 0 Å². The Hall–Kier alpha value is -1.55. The van der Waals surface area contributed by atoms with Crippen molar-refractivity contribution in [1.82, 2.24) is 0 Å². The number of nitrogens with two attached hydrogens (primary N) is 1. The van der Waals surface area contributed by atoms with Crippen molar-refractivity contribution in [3.8, 4) is 0 Å². The molecule has 1 aliphatic heterocycles. The zero-order chi connectivity index (χ0) is 12.5. The highest BCUT2D eigenvalue weighted by Crippen LogP contribution is 2.28. The van der Waals surface area contributed by atoms with E-state index in [1.165, 1.54) is 0 Å². The number of rotatable bonds is 2. The second-order valence-corrected chi connectivity index (χ2v) is 4.73. The van der Waals surface area contributed by atoms with Gasteiger partial charge in [0.05, 0.1) is 11.4 Å². The van der Waals surface area contributed by atoms with Crippen LogP contribution in [0.5, 0.6) is 0 Å². The summed E-state index contributed by atoms with van der Waals surface area (Å²) in [6, 6.07) is 5.58. The Morgan fingerprint density at radius 2 is 2.29 bits per heavy atom. The predicted molar refractivity (Wildman–Crippen MR) is 67.8 cm³/mol. The largest absolute Gasteiger partial charge is 0.397 e. The summed E-state index contributed by atoms with van der Waals surface area (Å²) in [4.78, 5) is 12.1. The van der Waals surface area contributed by atoms with Crippen molar-refractivity contribution in [2.45, 2.75) is 32.3 Å². The number of hydrogen-bond acceptors (Lipinski definition) is 3. The summed E-state index contributed by atoms with van der Waals surface area (Å²) in [6.45, 7) is 4.43. The molecule has 1 heterocycles. The van der Waals surface area contributed by atoms with Gasteiger partial charge in [-0.05, 0) is 44.4 Å². The summed E-state index contributed by atoms with van der Waals surface area (Å²) in [5.74, 6) is -0.118. The fraction of sp³-hybridized carbons (Fsp3) is 0.462. The number of anilines is 2. The van der Waals surface area contributed by atoms with Crippen LogP contribution < -0.4 is 11.1 Å². The lowest BCUT2D eigenvalue weighted by atomic mass is 10.0. The van der Waals surface area contributed by atoms with Gasteiger partial charge in [0.2, 0.25) is 0 Å². The molecule has 0 aromatic heterocycles. The Morgan fingerprint density at radius 1 is 1.53 bits per heavy atom. The zero-order valence-electron chi connectivity index (χ0n) is 10.2. The standard InChI is InChI=1S/C13H18N2O2/c1-9-4-5-10(14)11(8-9)15-12(16)13(2)6-3-7-17-13/h4-5,8H,3,6-7,14H2,1-2H3,(H,15,16). The molecule has 1 amide bonds. The molecule has 0 aliphatic carbocycles. The van der Waals surface area contributed by atoms with E-state index in [-0.39, 0.29) is 5.91 Å². The third-order valence-corrected chi connectivity index (χ3v) is 3.16. The highest BCUT2D eigenvalue weighted by atomic mass is 16.5. The average molecular weight is 234 g/mol. The van der Waals surface area contributed by atoms with Gasteiger partial charge in [0.1, 0.15) is 5.60 Å². The molecule has 2 rings (SSSR count). The summed E-state index contributed by atoms with van der Waals surface area (Å²) in [5.41, 5.74) is 7.41. The summed E-state index contributed by atoms with van der Waals surface area (Å²) in [5, 5.41) is 2.84. The van der Waals surface area contributed by atoms with Crippen molar-refractivity contribution in [2.75, 3.05) is 17.7 Å². The van der Waals surface area contributed by atoms with E-state index in [9.17, 15) is 4.79 Å². The lowest BCUT2D eigenvalue weighted by Gasteiger charge is -2.22. The monoisotopic (exact) mass is 234 g/mol. The highest BCUT2D eigenvalue weighted by Gasteiger charge is 2.37. The molecule has 0 saturated carbocycles. The normalized spacial score (nSPS) is 23.6. The van der Waals surface area contributed by atoms with E-state index in [0.29, 0.717) is 18.0 Å². The van der Waals surface area contributed by atoms with Crippen LogP contribution in [0, 0.1) is 6.92 Å². The first-order valence-electron chi connectivity index (χ1n) is 5.83. The van der Waals surface area contributed by atoms with Gasteiger partial charge in [0.15, 0.2) is 0 Å². The molecule has 3 N–H and O–H groups in total. The van der Waals surface area contributed by atoms with Gasteiger partial charge in [-0.25, -0.2) is 0 Å². The van der Waals surface area contributed by atoms with Crippen molar-refractivity contribution in [1.29, 1.82) is 0 Å². The summed E-state index contributed by atoms with van der Waals surface area (Å²) in [6.07, 6.45) is 1.68. The summed E-state index contributed by atoms with van der Waals surface area (Å²) in [7, 11) is 0. The van der Waals surface area contributed by atoms with Crippen LogP contribution in [-0.4, -0.2) is 18.1 Å². The average Bonchev–Trinajstić information content (AvgIpc) is 2.72. The first-order valence-corrected chi connectivity index (χ1v) is 5.83. The number of amides is 1. The molecule has 4 nitrogen and oxygen atoms in total. The fourth-order valence-corrected chi connectivity index (χ4v) is 1.99. The Morgan fingerprint density at radius 3 is 2.94 bits per heavy atom. The van der Waals surface area contributed by atoms with Gasteiger partial charge in [0, 0.05) is 6.61 Å². The van der Waals surface area contributed by atoms with Crippen LogP contribution in [0.15, 0.2) is 18.2 Å². The molecule has 1 aromatic carbocycles. The van der Waals surface area contributed by atoms with Crippen LogP contribution in [0.25, 0.3) is 0 Å². The van der Waals surface area contributed by atoms with E-state index in [0.717, 1.165) is 18.4 Å². The van der Waals surface area contributed by atoms with Gasteiger partial charge >= 0.3 is 0 Å². The second kappa shape index (κ2) is 4.37. The minimum atomic E-state index is -0.712. The maximum Gasteiger partial charge on any atom is 0.256 e. The van der Waals surface area contributed by atoms with Crippen molar-refractivity contribution in [3.05, 3.63) is 23.8 Å². The van der Waals surface area contributed by atoms with Crippen LogP contribution in [0.4, 0.5) is 11.4 Å². The molecule has 1 atom stereocenters. The Balaban J connectivity index is 2.15. The topological polar surface area (TPSA) is 64.3 Å². The molecular weight excluding hydrogens is 216 g/mol. The second-order valence-electron chi connectivity index (χ2n) is 4.73. The van der Waals surface area contributed by atoms with Crippen LogP contribution in [0.2, 0.25) is 0 Å². The molecule has 1 aromatic rings. The summed E-state index contributed by atoms with van der Waals surface area (Å²) >= 11 is 0. The SMILES string of the molecule is Cc1ccc(N)c(NC(=O)C2(C)CCCO2)c1. The Labute approximate surface area is 101 Å². The highest BCUT2D eigenvalue weighted by molar-refractivity contribution is 5.99. The van der Waals surface area contributed by atoms with Gasteiger partial charge in [-0.3, -0.25) is 4.79 Å². The first kappa shape index (κ1) is 11.9. The van der Waals surface area contributed by atoms with E-state index in [1.54, 1.807) is 6.07 Å². The van der Waals surface area contributed by atoms with Crippen molar-refractivity contribution in [3.63, 3.8) is 0 Å². The first-order chi connectivity index (χ1) is 8.01. The molecule has 1 aliphatic rings. The molecule has 1 unspecified atom stereocenters. The molecule has 0 spiro atoms. The van der Waals surface area contributed by atoms with Crippen molar-refractivity contribution < 1.29 is 9.53 Å². The fourth-order valence-electron chi connectivity index (χ4n) is 1.99. The number of ether oxygens (including phenoxy) is 1.